The fourth-order valence-electron chi connectivity index (χ4n) is 3.22. The molecule has 2 N–H and O–H groups in total. The summed E-state index contributed by atoms with van der Waals surface area (Å²) in [7, 11) is 1.61. The summed E-state index contributed by atoms with van der Waals surface area (Å²) in [5, 5.41) is 19.1. The number of aliphatic hydroxyl groups is 1. The predicted octanol–water partition coefficient (Wildman–Crippen LogP) is 2.60. The van der Waals surface area contributed by atoms with Crippen LogP contribution >= 0.6 is 11.6 Å². The molecule has 0 fully saturated rings. The van der Waals surface area contributed by atoms with Crippen LogP contribution in [-0.4, -0.2) is 54.3 Å². The Kier molecular flexibility index (Phi) is 6.79. The molecule has 1 atom stereocenters. The third-order valence-electron chi connectivity index (χ3n) is 4.66. The van der Waals surface area contributed by atoms with Crippen LogP contribution in [0.3, 0.4) is 0 Å². The molecule has 29 heavy (non-hydrogen) atoms. The Hall–Kier alpha value is -2.55. The van der Waals surface area contributed by atoms with Gasteiger partial charge in [-0.25, -0.2) is 4.79 Å². The van der Waals surface area contributed by atoms with Gasteiger partial charge in [0.25, 0.3) is 0 Å². The molecule has 0 bridgehead atoms. The molecule has 156 valence electrons. The van der Waals surface area contributed by atoms with Crippen LogP contribution in [0, 0.1) is 0 Å². The van der Waals surface area contributed by atoms with Gasteiger partial charge >= 0.3 is 5.97 Å². The lowest BCUT2D eigenvalue weighted by Gasteiger charge is -2.20. The second-order valence-electron chi connectivity index (χ2n) is 6.60. The number of aromatic nitrogens is 1. The third kappa shape index (κ3) is 4.55. The van der Waals surface area contributed by atoms with Gasteiger partial charge in [0.05, 0.1) is 23.4 Å². The van der Waals surface area contributed by atoms with E-state index in [2.05, 4.69) is 0 Å². The van der Waals surface area contributed by atoms with Crippen LogP contribution in [-0.2, 0) is 4.74 Å². The first-order valence-electron chi connectivity index (χ1n) is 9.15. The summed E-state index contributed by atoms with van der Waals surface area (Å²) in [5.74, 6) is -0.401. The SMILES string of the molecule is COCCCOc1cc2c(cc1Cl)-c1cc(=O)c(C(=O)O)cn1[C@H](CCO)CO2. The summed E-state index contributed by atoms with van der Waals surface area (Å²) >= 11 is 6.38. The molecule has 0 radical (unpaired) electrons. The van der Waals surface area contributed by atoms with Crippen LogP contribution in [0.4, 0.5) is 0 Å². The smallest absolute Gasteiger partial charge is 0.341 e. The van der Waals surface area contributed by atoms with E-state index in [1.54, 1.807) is 23.8 Å². The van der Waals surface area contributed by atoms with Crippen molar-refractivity contribution < 1.29 is 29.2 Å². The van der Waals surface area contributed by atoms with Gasteiger partial charge < -0.3 is 29.0 Å². The van der Waals surface area contributed by atoms with E-state index in [0.29, 0.717) is 53.8 Å². The highest BCUT2D eigenvalue weighted by Crippen LogP contribution is 2.41. The summed E-state index contributed by atoms with van der Waals surface area (Å²) in [6, 6.07) is 4.20. The first-order valence-corrected chi connectivity index (χ1v) is 9.52. The maximum atomic E-state index is 12.3. The van der Waals surface area contributed by atoms with E-state index >= 15 is 0 Å². The number of carbonyl (C=O) groups is 1. The molecule has 1 aromatic carbocycles. The highest BCUT2D eigenvalue weighted by molar-refractivity contribution is 6.32. The van der Waals surface area contributed by atoms with Crippen LogP contribution in [0.2, 0.25) is 5.02 Å². The average Bonchev–Trinajstić information content (AvgIpc) is 2.82. The van der Waals surface area contributed by atoms with E-state index in [9.17, 15) is 19.8 Å². The number of hydrogen-bond donors (Lipinski definition) is 2. The van der Waals surface area contributed by atoms with Crippen LogP contribution in [0.15, 0.2) is 29.2 Å². The molecule has 2 heterocycles. The fourth-order valence-corrected chi connectivity index (χ4v) is 3.43. The van der Waals surface area contributed by atoms with Crippen LogP contribution in [0.25, 0.3) is 11.3 Å². The lowest BCUT2D eigenvalue weighted by molar-refractivity contribution is 0.0694. The summed E-state index contributed by atoms with van der Waals surface area (Å²) in [4.78, 5) is 23.7. The zero-order chi connectivity index (χ0) is 21.0. The minimum atomic E-state index is -1.31. The van der Waals surface area contributed by atoms with E-state index < -0.39 is 11.4 Å². The predicted molar refractivity (Wildman–Crippen MR) is 106 cm³/mol. The van der Waals surface area contributed by atoms with Gasteiger partial charge in [-0.1, -0.05) is 11.6 Å². The number of ether oxygens (including phenoxy) is 3. The Morgan fingerprint density at radius 3 is 2.83 bits per heavy atom. The van der Waals surface area contributed by atoms with Crippen molar-refractivity contribution >= 4 is 17.6 Å². The van der Waals surface area contributed by atoms with E-state index in [1.807, 2.05) is 0 Å². The monoisotopic (exact) mass is 423 g/mol. The van der Waals surface area contributed by atoms with Gasteiger partial charge in [0.1, 0.15) is 23.7 Å². The van der Waals surface area contributed by atoms with Gasteiger partial charge in [-0.3, -0.25) is 4.79 Å². The Morgan fingerprint density at radius 2 is 2.14 bits per heavy atom. The maximum absolute atomic E-state index is 12.3. The largest absolute Gasteiger partial charge is 0.492 e. The van der Waals surface area contributed by atoms with Crippen molar-refractivity contribution in [3.8, 4) is 22.8 Å². The minimum absolute atomic E-state index is 0.118. The van der Waals surface area contributed by atoms with Crippen molar-refractivity contribution in [1.29, 1.82) is 0 Å². The number of nitrogens with zero attached hydrogens (tertiary/aromatic N) is 1. The van der Waals surface area contributed by atoms with Crippen molar-refractivity contribution in [2.24, 2.45) is 0 Å². The normalized spacial score (nSPS) is 15.1. The molecule has 1 aromatic heterocycles. The van der Waals surface area contributed by atoms with E-state index in [-0.39, 0.29) is 24.8 Å². The number of carboxylic acids is 1. The number of aromatic carboxylic acids is 1. The lowest BCUT2D eigenvalue weighted by Crippen LogP contribution is -2.23. The van der Waals surface area contributed by atoms with Gasteiger partial charge in [0.15, 0.2) is 5.43 Å². The number of pyridine rings is 1. The molecule has 3 rings (SSSR count). The first-order chi connectivity index (χ1) is 14.0. The standard InChI is InChI=1S/C20H22ClNO7/c1-27-5-2-6-28-19-9-18-13(7-15(19)21)16-8-17(24)14(20(25)26)10-22(16)12(3-4-23)11-29-18/h7-10,12,23H,2-6,11H2,1H3,(H,25,26)/t12-/m1/s1. The van der Waals surface area contributed by atoms with Gasteiger partial charge in [-0.2, -0.15) is 0 Å². The molecule has 0 amide bonds. The van der Waals surface area contributed by atoms with Crippen molar-refractivity contribution in [2.75, 3.05) is 33.5 Å². The van der Waals surface area contributed by atoms with Crippen molar-refractivity contribution in [3.63, 3.8) is 0 Å². The molecule has 1 aliphatic heterocycles. The van der Waals surface area contributed by atoms with Gasteiger partial charge in [-0.15, -0.1) is 0 Å². The average molecular weight is 424 g/mol. The zero-order valence-electron chi connectivity index (χ0n) is 15.9. The molecule has 0 unspecified atom stereocenters. The summed E-state index contributed by atoms with van der Waals surface area (Å²) in [5.41, 5.74) is 0.0622. The van der Waals surface area contributed by atoms with Crippen molar-refractivity contribution in [3.05, 3.63) is 45.2 Å². The Labute approximate surface area is 172 Å². The molecule has 8 nitrogen and oxygen atoms in total. The molecular weight excluding hydrogens is 402 g/mol. The third-order valence-corrected chi connectivity index (χ3v) is 4.95. The van der Waals surface area contributed by atoms with Crippen molar-refractivity contribution in [2.45, 2.75) is 18.9 Å². The Bertz CT molecular complexity index is 957. The van der Waals surface area contributed by atoms with Gasteiger partial charge in [0, 0.05) is 50.6 Å². The van der Waals surface area contributed by atoms with Crippen LogP contribution in [0.1, 0.15) is 29.2 Å². The molecule has 0 aliphatic carbocycles. The summed E-state index contributed by atoms with van der Waals surface area (Å²) in [6.07, 6.45) is 2.32. The highest BCUT2D eigenvalue weighted by atomic mass is 35.5. The number of benzene rings is 1. The number of aliphatic hydroxyl groups excluding tert-OH is 1. The van der Waals surface area contributed by atoms with E-state index in [1.165, 1.54) is 12.3 Å². The maximum Gasteiger partial charge on any atom is 0.341 e. The van der Waals surface area contributed by atoms with E-state index in [4.69, 9.17) is 25.8 Å². The Morgan fingerprint density at radius 1 is 1.34 bits per heavy atom. The zero-order valence-corrected chi connectivity index (χ0v) is 16.6. The van der Waals surface area contributed by atoms with Crippen molar-refractivity contribution in [1.82, 2.24) is 4.57 Å². The fraction of sp³-hybridized carbons (Fsp3) is 0.400. The Balaban J connectivity index is 2.07. The highest BCUT2D eigenvalue weighted by Gasteiger charge is 2.26. The summed E-state index contributed by atoms with van der Waals surface area (Å²) < 4.78 is 18.3. The van der Waals surface area contributed by atoms with Gasteiger partial charge in [0.2, 0.25) is 0 Å². The number of hydrogen-bond acceptors (Lipinski definition) is 6. The van der Waals surface area contributed by atoms with E-state index in [0.717, 1.165) is 0 Å². The number of rotatable bonds is 8. The number of carboxylic acid groups (broad SMARTS) is 1. The first kappa shape index (κ1) is 21.2. The minimum Gasteiger partial charge on any atom is -0.492 e. The molecule has 1 aliphatic rings. The molecule has 0 spiro atoms. The number of fused-ring (bicyclic) bond motifs is 3. The lowest BCUT2D eigenvalue weighted by atomic mass is 10.1. The number of methoxy groups -OCH3 is 1. The molecule has 9 heteroatoms. The quantitative estimate of drug-likeness (QED) is 0.628. The second kappa shape index (κ2) is 9.30. The molecule has 0 saturated carbocycles. The molecular formula is C20H22ClNO7. The topological polar surface area (TPSA) is 107 Å². The molecule has 2 aromatic rings. The second-order valence-corrected chi connectivity index (χ2v) is 7.01. The van der Waals surface area contributed by atoms with Gasteiger partial charge in [-0.05, 0) is 12.5 Å². The summed E-state index contributed by atoms with van der Waals surface area (Å²) in [6.45, 7) is 1.04. The van der Waals surface area contributed by atoms with Crippen LogP contribution in [0.5, 0.6) is 11.5 Å². The molecule has 0 saturated heterocycles. The number of halogens is 1. The van der Waals surface area contributed by atoms with Crippen LogP contribution < -0.4 is 14.9 Å².